The number of nitrogens with one attached hydrogen (secondary N) is 2. The topological polar surface area (TPSA) is 61.4 Å². The molecule has 0 aromatic heterocycles. The SMILES string of the molecule is CCNC(=O)C(C)NCC(F)(F)CO. The van der Waals surface area contributed by atoms with Crippen molar-refractivity contribution < 1.29 is 18.7 Å². The highest BCUT2D eigenvalue weighted by atomic mass is 19.3. The first-order chi connectivity index (χ1) is 6.43. The van der Waals surface area contributed by atoms with Crippen LogP contribution in [-0.2, 0) is 4.79 Å². The zero-order valence-corrected chi connectivity index (χ0v) is 8.31. The lowest BCUT2D eigenvalue weighted by atomic mass is 10.2. The summed E-state index contributed by atoms with van der Waals surface area (Å²) in [5, 5.41) is 13.1. The van der Waals surface area contributed by atoms with Crippen LogP contribution in [0.4, 0.5) is 8.78 Å². The van der Waals surface area contributed by atoms with E-state index in [1.165, 1.54) is 6.92 Å². The largest absolute Gasteiger partial charge is 0.390 e. The Balaban J connectivity index is 3.84. The van der Waals surface area contributed by atoms with Crippen molar-refractivity contribution in [1.29, 1.82) is 0 Å². The van der Waals surface area contributed by atoms with Gasteiger partial charge in [0, 0.05) is 6.54 Å². The van der Waals surface area contributed by atoms with Gasteiger partial charge in [0.25, 0.3) is 5.92 Å². The van der Waals surface area contributed by atoms with Crippen molar-refractivity contribution in [3.63, 3.8) is 0 Å². The van der Waals surface area contributed by atoms with Crippen molar-refractivity contribution in [2.75, 3.05) is 19.7 Å². The standard InChI is InChI=1S/C8H16F2N2O2/c1-3-11-7(14)6(2)12-4-8(9,10)5-13/h6,12-13H,3-5H2,1-2H3,(H,11,14). The maximum Gasteiger partial charge on any atom is 0.282 e. The Morgan fingerprint density at radius 3 is 2.57 bits per heavy atom. The number of carbonyl (C=O) groups is 1. The third-order valence-corrected chi connectivity index (χ3v) is 1.64. The van der Waals surface area contributed by atoms with Gasteiger partial charge in [0.2, 0.25) is 5.91 Å². The number of likely N-dealkylation sites (N-methyl/N-ethyl adjacent to an activating group) is 1. The molecule has 0 bridgehead atoms. The van der Waals surface area contributed by atoms with E-state index in [0.29, 0.717) is 6.54 Å². The highest BCUT2D eigenvalue weighted by Crippen LogP contribution is 2.09. The number of rotatable bonds is 6. The molecule has 14 heavy (non-hydrogen) atoms. The predicted octanol–water partition coefficient (Wildman–Crippen LogP) is -0.272. The van der Waals surface area contributed by atoms with Gasteiger partial charge < -0.3 is 15.7 Å². The Bertz CT molecular complexity index is 188. The first kappa shape index (κ1) is 13.2. The summed E-state index contributed by atoms with van der Waals surface area (Å²) >= 11 is 0. The first-order valence-corrected chi connectivity index (χ1v) is 4.42. The molecule has 84 valence electrons. The zero-order valence-electron chi connectivity index (χ0n) is 8.31. The summed E-state index contributed by atoms with van der Waals surface area (Å²) < 4.78 is 25.0. The summed E-state index contributed by atoms with van der Waals surface area (Å²) in [6, 6.07) is -0.688. The van der Waals surface area contributed by atoms with Gasteiger partial charge in [-0.15, -0.1) is 0 Å². The quantitative estimate of drug-likeness (QED) is 0.565. The second-order valence-corrected chi connectivity index (χ2v) is 3.01. The highest BCUT2D eigenvalue weighted by molar-refractivity contribution is 5.81. The van der Waals surface area contributed by atoms with Crippen LogP contribution in [0, 0.1) is 0 Å². The molecule has 0 saturated heterocycles. The summed E-state index contributed by atoms with van der Waals surface area (Å²) in [6.45, 7) is 1.76. The summed E-state index contributed by atoms with van der Waals surface area (Å²) in [6.07, 6.45) is 0. The lowest BCUT2D eigenvalue weighted by molar-refractivity contribution is -0.123. The Morgan fingerprint density at radius 1 is 1.57 bits per heavy atom. The Hall–Kier alpha value is -0.750. The van der Waals surface area contributed by atoms with Crippen molar-refractivity contribution in [2.45, 2.75) is 25.8 Å². The second kappa shape index (κ2) is 5.87. The van der Waals surface area contributed by atoms with Gasteiger partial charge in [-0.2, -0.15) is 0 Å². The molecule has 1 amide bonds. The molecule has 0 rings (SSSR count). The predicted molar refractivity (Wildman–Crippen MR) is 48.2 cm³/mol. The normalized spacial score (nSPS) is 13.8. The number of carbonyl (C=O) groups excluding carboxylic acids is 1. The van der Waals surface area contributed by atoms with Crippen LogP contribution in [0.5, 0.6) is 0 Å². The fraction of sp³-hybridized carbons (Fsp3) is 0.875. The number of hydrogen-bond acceptors (Lipinski definition) is 3. The molecule has 3 N–H and O–H groups in total. The number of hydrogen-bond donors (Lipinski definition) is 3. The lowest BCUT2D eigenvalue weighted by Gasteiger charge is -2.18. The average molecular weight is 210 g/mol. The number of halogens is 2. The minimum absolute atomic E-state index is 0.332. The Kier molecular flexibility index (Phi) is 5.56. The average Bonchev–Trinajstić information content (AvgIpc) is 2.15. The second-order valence-electron chi connectivity index (χ2n) is 3.01. The molecule has 0 aliphatic carbocycles. The molecule has 0 heterocycles. The summed E-state index contributed by atoms with van der Waals surface area (Å²) in [5.74, 6) is -3.51. The zero-order chi connectivity index (χ0) is 11.2. The molecule has 0 radical (unpaired) electrons. The van der Waals surface area contributed by atoms with Gasteiger partial charge in [0.1, 0.15) is 6.61 Å². The smallest absolute Gasteiger partial charge is 0.282 e. The molecule has 0 aliphatic heterocycles. The molecule has 0 fully saturated rings. The highest BCUT2D eigenvalue weighted by Gasteiger charge is 2.28. The van der Waals surface area contributed by atoms with Gasteiger partial charge in [0.15, 0.2) is 0 Å². The summed E-state index contributed by atoms with van der Waals surface area (Å²) in [4.78, 5) is 11.1. The number of aliphatic hydroxyl groups excluding tert-OH is 1. The van der Waals surface area contributed by atoms with Crippen molar-refractivity contribution in [1.82, 2.24) is 10.6 Å². The van der Waals surface area contributed by atoms with Crippen LogP contribution in [0.25, 0.3) is 0 Å². The molecule has 0 spiro atoms. The molecule has 1 unspecified atom stereocenters. The molecule has 0 aliphatic rings. The number of amides is 1. The Labute approximate surface area is 81.7 Å². The van der Waals surface area contributed by atoms with Gasteiger partial charge in [-0.1, -0.05) is 0 Å². The molecule has 6 heteroatoms. The van der Waals surface area contributed by atoms with Crippen LogP contribution in [0.3, 0.4) is 0 Å². The van der Waals surface area contributed by atoms with Crippen molar-refractivity contribution in [3.05, 3.63) is 0 Å². The van der Waals surface area contributed by atoms with Crippen LogP contribution in [0.2, 0.25) is 0 Å². The lowest BCUT2D eigenvalue weighted by Crippen LogP contribution is -2.47. The van der Waals surface area contributed by atoms with Gasteiger partial charge in [-0.05, 0) is 13.8 Å². The fourth-order valence-electron chi connectivity index (χ4n) is 0.778. The fourth-order valence-corrected chi connectivity index (χ4v) is 0.778. The van der Waals surface area contributed by atoms with E-state index in [2.05, 4.69) is 10.6 Å². The van der Waals surface area contributed by atoms with Gasteiger partial charge in [-0.3, -0.25) is 4.79 Å². The van der Waals surface area contributed by atoms with Crippen LogP contribution < -0.4 is 10.6 Å². The summed E-state index contributed by atoms with van der Waals surface area (Å²) in [5.41, 5.74) is 0. The van der Waals surface area contributed by atoms with E-state index in [-0.39, 0.29) is 5.91 Å². The van der Waals surface area contributed by atoms with Gasteiger partial charge in [0.05, 0.1) is 12.6 Å². The van der Waals surface area contributed by atoms with Crippen molar-refractivity contribution >= 4 is 5.91 Å². The van der Waals surface area contributed by atoms with E-state index in [9.17, 15) is 13.6 Å². The van der Waals surface area contributed by atoms with Crippen molar-refractivity contribution in [3.8, 4) is 0 Å². The maximum atomic E-state index is 12.5. The van der Waals surface area contributed by atoms with Crippen LogP contribution in [0.15, 0.2) is 0 Å². The van der Waals surface area contributed by atoms with Crippen LogP contribution in [0.1, 0.15) is 13.8 Å². The van der Waals surface area contributed by atoms with E-state index in [0.717, 1.165) is 0 Å². The third kappa shape index (κ3) is 5.08. The molecular weight excluding hydrogens is 194 g/mol. The van der Waals surface area contributed by atoms with E-state index in [1.807, 2.05) is 0 Å². The first-order valence-electron chi connectivity index (χ1n) is 4.42. The van der Waals surface area contributed by atoms with E-state index >= 15 is 0 Å². The number of alkyl halides is 2. The van der Waals surface area contributed by atoms with E-state index in [4.69, 9.17) is 5.11 Å². The minimum atomic E-state index is -3.18. The summed E-state index contributed by atoms with van der Waals surface area (Å²) in [7, 11) is 0. The van der Waals surface area contributed by atoms with Gasteiger partial charge >= 0.3 is 0 Å². The molecule has 0 saturated carbocycles. The van der Waals surface area contributed by atoms with Gasteiger partial charge in [-0.25, -0.2) is 8.78 Å². The molecule has 1 atom stereocenters. The van der Waals surface area contributed by atoms with Crippen LogP contribution >= 0.6 is 0 Å². The van der Waals surface area contributed by atoms with Crippen molar-refractivity contribution in [2.24, 2.45) is 0 Å². The monoisotopic (exact) mass is 210 g/mol. The van der Waals surface area contributed by atoms with E-state index in [1.54, 1.807) is 6.92 Å². The minimum Gasteiger partial charge on any atom is -0.390 e. The maximum absolute atomic E-state index is 12.5. The van der Waals surface area contributed by atoms with Crippen LogP contribution in [-0.4, -0.2) is 42.7 Å². The third-order valence-electron chi connectivity index (χ3n) is 1.64. The van der Waals surface area contributed by atoms with E-state index < -0.39 is 25.1 Å². The molecular formula is C8H16F2N2O2. The molecule has 0 aromatic carbocycles. The Morgan fingerprint density at radius 2 is 2.14 bits per heavy atom. The number of aliphatic hydroxyl groups is 1. The molecule has 4 nitrogen and oxygen atoms in total. The molecule has 0 aromatic rings.